The van der Waals surface area contributed by atoms with Crippen LogP contribution >= 0.6 is 24.8 Å². The van der Waals surface area contributed by atoms with Crippen molar-refractivity contribution >= 4 is 30.7 Å². The summed E-state index contributed by atoms with van der Waals surface area (Å²) >= 11 is 0. The van der Waals surface area contributed by atoms with Crippen LogP contribution in [0.25, 0.3) is 0 Å². The Morgan fingerprint density at radius 3 is 2.74 bits per heavy atom. The third-order valence-corrected chi connectivity index (χ3v) is 5.50. The summed E-state index contributed by atoms with van der Waals surface area (Å²) in [5.41, 5.74) is 6.91. The maximum Gasteiger partial charge on any atom is 0.222 e. The highest BCUT2D eigenvalue weighted by molar-refractivity contribution is 5.85. The van der Waals surface area contributed by atoms with Gasteiger partial charge < -0.3 is 15.4 Å². The van der Waals surface area contributed by atoms with Gasteiger partial charge in [-0.15, -0.1) is 24.8 Å². The highest BCUT2D eigenvalue weighted by atomic mass is 35.5. The second kappa shape index (κ2) is 11.7. The van der Waals surface area contributed by atoms with E-state index in [4.69, 9.17) is 10.5 Å². The van der Waals surface area contributed by atoms with Crippen molar-refractivity contribution in [2.24, 2.45) is 11.7 Å². The topological polar surface area (TPSA) is 58.8 Å². The first-order chi connectivity index (χ1) is 12.2. The van der Waals surface area contributed by atoms with E-state index in [1.807, 2.05) is 13.0 Å². The van der Waals surface area contributed by atoms with Crippen LogP contribution in [0.4, 0.5) is 0 Å². The lowest BCUT2D eigenvalue weighted by atomic mass is 9.83. The predicted octanol–water partition coefficient (Wildman–Crippen LogP) is 3.09. The Labute approximate surface area is 175 Å². The zero-order valence-corrected chi connectivity index (χ0v) is 17.8. The number of fused-ring (bicyclic) bond motifs is 1. The minimum absolute atomic E-state index is 0. The number of hydrogen-bond donors (Lipinski definition) is 1. The van der Waals surface area contributed by atoms with E-state index in [9.17, 15) is 4.79 Å². The fourth-order valence-corrected chi connectivity index (χ4v) is 4.29. The average Bonchev–Trinajstić information content (AvgIpc) is 2.63. The molecule has 2 aliphatic heterocycles. The number of halogens is 2. The first-order valence-electron chi connectivity index (χ1n) is 9.65. The lowest BCUT2D eigenvalue weighted by molar-refractivity contribution is -0.141. The van der Waals surface area contributed by atoms with Gasteiger partial charge in [0.25, 0.3) is 0 Å². The summed E-state index contributed by atoms with van der Waals surface area (Å²) in [4.78, 5) is 16.9. The summed E-state index contributed by atoms with van der Waals surface area (Å²) in [6.45, 7) is 7.23. The van der Waals surface area contributed by atoms with Gasteiger partial charge in [-0.05, 0) is 44.7 Å². The Kier molecular flexibility index (Phi) is 10.5. The number of rotatable bonds is 7. The molecule has 2 fully saturated rings. The number of nitrogens with zero attached hydrogens (tertiary/aromatic N) is 2. The molecule has 7 heteroatoms. The van der Waals surface area contributed by atoms with Crippen molar-refractivity contribution in [1.29, 1.82) is 0 Å². The van der Waals surface area contributed by atoms with Crippen molar-refractivity contribution in [1.82, 2.24) is 9.80 Å². The molecule has 0 radical (unpaired) electrons. The van der Waals surface area contributed by atoms with Crippen molar-refractivity contribution < 1.29 is 9.53 Å². The molecule has 0 bridgehead atoms. The SMILES string of the molecule is CCOc1ccccc1CN1CC[C@@H]2[C@@H](CCC(=O)N2CCCN)C1.Cl.Cl. The molecule has 2 saturated heterocycles. The first-order valence-corrected chi connectivity index (χ1v) is 9.65. The highest BCUT2D eigenvalue weighted by Crippen LogP contribution is 2.32. The van der Waals surface area contributed by atoms with Crippen LogP contribution in [0.2, 0.25) is 0 Å². The molecule has 0 aliphatic carbocycles. The Morgan fingerprint density at radius 1 is 1.22 bits per heavy atom. The van der Waals surface area contributed by atoms with Gasteiger partial charge in [0, 0.05) is 44.2 Å². The first kappa shape index (κ1) is 24.0. The Morgan fingerprint density at radius 2 is 2.00 bits per heavy atom. The maximum absolute atomic E-state index is 12.3. The fourth-order valence-electron chi connectivity index (χ4n) is 4.29. The van der Waals surface area contributed by atoms with Gasteiger partial charge in [0.2, 0.25) is 5.91 Å². The minimum Gasteiger partial charge on any atom is -0.494 e. The fraction of sp³-hybridized carbons (Fsp3) is 0.650. The second-order valence-corrected chi connectivity index (χ2v) is 7.16. The monoisotopic (exact) mass is 417 g/mol. The zero-order chi connectivity index (χ0) is 17.6. The summed E-state index contributed by atoms with van der Waals surface area (Å²) in [7, 11) is 0. The third-order valence-electron chi connectivity index (χ3n) is 5.50. The molecule has 2 N–H and O–H groups in total. The van der Waals surface area contributed by atoms with Crippen LogP contribution in [-0.4, -0.2) is 54.5 Å². The van der Waals surface area contributed by atoms with E-state index >= 15 is 0 Å². The molecule has 154 valence electrons. The lowest BCUT2D eigenvalue weighted by Crippen LogP contribution is -2.56. The Bertz CT molecular complexity index is 588. The average molecular weight is 418 g/mol. The summed E-state index contributed by atoms with van der Waals surface area (Å²) < 4.78 is 5.77. The van der Waals surface area contributed by atoms with Gasteiger partial charge in [-0.25, -0.2) is 0 Å². The molecular formula is C20H33Cl2N3O2. The normalized spacial score (nSPS) is 22.4. The number of amides is 1. The van der Waals surface area contributed by atoms with Gasteiger partial charge in [-0.2, -0.15) is 0 Å². The van der Waals surface area contributed by atoms with Crippen LogP contribution in [0.5, 0.6) is 5.75 Å². The van der Waals surface area contributed by atoms with Gasteiger partial charge in [-0.1, -0.05) is 18.2 Å². The number of likely N-dealkylation sites (tertiary alicyclic amines) is 2. The standard InChI is InChI=1S/C20H31N3O2.2ClH/c1-2-25-19-7-4-3-6-17(19)15-22-13-10-18-16(14-22)8-9-20(24)23(18)12-5-11-21;;/h3-4,6-7,16,18H,2,5,8-15,21H2,1H3;2*1H/t16-,18+;;/m0../s1. The molecule has 1 aromatic rings. The number of benzene rings is 1. The van der Waals surface area contributed by atoms with Crippen molar-refractivity contribution in [3.05, 3.63) is 29.8 Å². The van der Waals surface area contributed by atoms with Gasteiger partial charge >= 0.3 is 0 Å². The number of carbonyl (C=O) groups excluding carboxylic acids is 1. The van der Waals surface area contributed by atoms with Crippen molar-refractivity contribution in [3.63, 3.8) is 0 Å². The third kappa shape index (κ3) is 5.98. The number of piperidine rings is 2. The van der Waals surface area contributed by atoms with Gasteiger partial charge in [0.15, 0.2) is 0 Å². The molecule has 0 spiro atoms. The van der Waals surface area contributed by atoms with E-state index in [1.54, 1.807) is 0 Å². The number of para-hydroxylation sites is 1. The second-order valence-electron chi connectivity index (χ2n) is 7.16. The molecule has 2 atom stereocenters. The quantitative estimate of drug-likeness (QED) is 0.740. The van der Waals surface area contributed by atoms with Gasteiger partial charge in [0.05, 0.1) is 6.61 Å². The van der Waals surface area contributed by atoms with E-state index in [2.05, 4.69) is 28.0 Å². The number of hydrogen-bond acceptors (Lipinski definition) is 4. The van der Waals surface area contributed by atoms with Crippen molar-refractivity contribution in [2.45, 2.75) is 45.2 Å². The molecule has 1 amide bonds. The molecule has 2 aliphatic rings. The van der Waals surface area contributed by atoms with Crippen LogP contribution < -0.4 is 10.5 Å². The summed E-state index contributed by atoms with van der Waals surface area (Å²) in [5, 5.41) is 0. The Hall–Kier alpha value is -1.01. The molecule has 5 nitrogen and oxygen atoms in total. The molecule has 1 aromatic carbocycles. The highest BCUT2D eigenvalue weighted by Gasteiger charge is 2.38. The van der Waals surface area contributed by atoms with E-state index in [-0.39, 0.29) is 24.8 Å². The number of nitrogens with two attached hydrogens (primary N) is 1. The van der Waals surface area contributed by atoms with Crippen LogP contribution in [0.15, 0.2) is 24.3 Å². The number of ether oxygens (including phenoxy) is 1. The van der Waals surface area contributed by atoms with E-state index in [1.165, 1.54) is 5.56 Å². The van der Waals surface area contributed by atoms with Crippen LogP contribution in [0.1, 0.15) is 38.2 Å². The molecule has 0 saturated carbocycles. The van der Waals surface area contributed by atoms with Gasteiger partial charge in [-0.3, -0.25) is 9.69 Å². The smallest absolute Gasteiger partial charge is 0.222 e. The Balaban J connectivity index is 0.00000182. The zero-order valence-electron chi connectivity index (χ0n) is 16.1. The van der Waals surface area contributed by atoms with E-state index in [0.29, 0.717) is 37.4 Å². The van der Waals surface area contributed by atoms with Crippen molar-refractivity contribution in [3.8, 4) is 5.75 Å². The molecule has 3 rings (SSSR count). The molecule has 27 heavy (non-hydrogen) atoms. The summed E-state index contributed by atoms with van der Waals surface area (Å²) in [5.74, 6) is 1.91. The largest absolute Gasteiger partial charge is 0.494 e. The predicted molar refractivity (Wildman–Crippen MR) is 114 cm³/mol. The van der Waals surface area contributed by atoms with E-state index < -0.39 is 0 Å². The van der Waals surface area contributed by atoms with Crippen molar-refractivity contribution in [2.75, 3.05) is 32.8 Å². The van der Waals surface area contributed by atoms with E-state index in [0.717, 1.165) is 51.2 Å². The van der Waals surface area contributed by atoms with Crippen LogP contribution in [-0.2, 0) is 11.3 Å². The molecule has 0 aromatic heterocycles. The lowest BCUT2D eigenvalue weighted by Gasteiger charge is -2.47. The molecule has 0 unspecified atom stereocenters. The molecular weight excluding hydrogens is 385 g/mol. The summed E-state index contributed by atoms with van der Waals surface area (Å²) in [6, 6.07) is 8.74. The van der Waals surface area contributed by atoms with Crippen LogP contribution in [0.3, 0.4) is 0 Å². The number of carbonyl (C=O) groups is 1. The minimum atomic E-state index is 0. The van der Waals surface area contributed by atoms with Gasteiger partial charge in [0.1, 0.15) is 5.75 Å². The molecule has 2 heterocycles. The summed E-state index contributed by atoms with van der Waals surface area (Å²) in [6.07, 6.45) is 3.68. The van der Waals surface area contributed by atoms with Crippen LogP contribution in [0, 0.1) is 5.92 Å². The maximum atomic E-state index is 12.3.